The maximum absolute atomic E-state index is 12.5. The Morgan fingerprint density at radius 1 is 1.18 bits per heavy atom. The number of halogens is 1. The molecule has 0 unspecified atom stereocenters. The Balaban J connectivity index is 1.85. The van der Waals surface area contributed by atoms with E-state index in [0.717, 1.165) is 0 Å². The molecule has 3 aromatic rings. The third-order valence-electron chi connectivity index (χ3n) is 3.73. The van der Waals surface area contributed by atoms with Crippen molar-refractivity contribution in [2.24, 2.45) is 10.2 Å². The summed E-state index contributed by atoms with van der Waals surface area (Å²) in [5.41, 5.74) is 1.19. The Labute approximate surface area is 163 Å². The van der Waals surface area contributed by atoms with Gasteiger partial charge in [0.1, 0.15) is 17.2 Å². The number of hydrogen-bond donors (Lipinski definition) is 4. The van der Waals surface area contributed by atoms with Crippen LogP contribution in [0.1, 0.15) is 6.92 Å². The molecule has 144 valence electrons. The number of aliphatic hydroxyl groups is 1. The maximum atomic E-state index is 12.5. The van der Waals surface area contributed by atoms with Gasteiger partial charge in [0, 0.05) is 10.7 Å². The fraction of sp³-hybridized carbons (Fsp3) is 0.111. The molecule has 0 aliphatic rings. The number of ether oxygens (including phenoxy) is 1. The van der Waals surface area contributed by atoms with Gasteiger partial charge in [0.2, 0.25) is 0 Å². The quantitative estimate of drug-likeness (QED) is 0.292. The normalized spacial score (nSPS) is 12.2. The Morgan fingerprint density at radius 3 is 2.64 bits per heavy atom. The number of aromatic amines is 2. The number of nitrogens with zero attached hydrogens (tertiary/aromatic N) is 2. The second kappa shape index (κ2) is 7.97. The highest BCUT2D eigenvalue weighted by Crippen LogP contribution is 2.31. The maximum Gasteiger partial charge on any atom is 0.323 e. The van der Waals surface area contributed by atoms with Crippen LogP contribution in [0.3, 0.4) is 0 Å². The lowest BCUT2D eigenvalue weighted by Crippen LogP contribution is -2.14. The van der Waals surface area contributed by atoms with E-state index in [9.17, 15) is 14.7 Å². The summed E-state index contributed by atoms with van der Waals surface area (Å²) in [7, 11) is 1.46. The van der Waals surface area contributed by atoms with E-state index >= 15 is 0 Å². The van der Waals surface area contributed by atoms with E-state index < -0.39 is 5.91 Å². The number of hydrogen-bond acceptors (Lipinski definition) is 6. The number of carbonyl (C=O) groups is 1. The monoisotopic (exact) mass is 401 g/mol. The number of benzene rings is 2. The number of methoxy groups -OCH3 is 1. The SMILES string of the molecule is COc1ccc(Cl)cc1N=N/C(C(=O)Nc1ccc2[nH]c(=O)[nH]c2c1)=C(\C)O. The molecule has 0 radical (unpaired) electrons. The molecule has 0 saturated heterocycles. The average Bonchev–Trinajstić information content (AvgIpc) is 3.01. The van der Waals surface area contributed by atoms with Crippen molar-refractivity contribution in [3.05, 3.63) is 63.4 Å². The van der Waals surface area contributed by atoms with Crippen LogP contribution >= 0.6 is 11.6 Å². The molecule has 3 rings (SSSR count). The van der Waals surface area contributed by atoms with Gasteiger partial charge in [0.25, 0.3) is 5.91 Å². The molecule has 1 amide bonds. The summed E-state index contributed by atoms with van der Waals surface area (Å²) in [6.07, 6.45) is 0. The lowest BCUT2D eigenvalue weighted by Gasteiger charge is -2.07. The van der Waals surface area contributed by atoms with E-state index in [-0.39, 0.29) is 17.1 Å². The van der Waals surface area contributed by atoms with Gasteiger partial charge in [-0.3, -0.25) is 4.79 Å². The fourth-order valence-electron chi connectivity index (χ4n) is 2.43. The summed E-state index contributed by atoms with van der Waals surface area (Å²) in [6, 6.07) is 9.57. The van der Waals surface area contributed by atoms with Crippen LogP contribution in [-0.2, 0) is 4.79 Å². The van der Waals surface area contributed by atoms with E-state index in [1.54, 1.807) is 30.3 Å². The minimum Gasteiger partial charge on any atom is -0.510 e. The molecular formula is C18H16ClN5O4. The van der Waals surface area contributed by atoms with Crippen LogP contribution in [0.2, 0.25) is 5.02 Å². The van der Waals surface area contributed by atoms with Gasteiger partial charge in [-0.15, -0.1) is 10.2 Å². The lowest BCUT2D eigenvalue weighted by atomic mass is 10.2. The molecule has 0 fully saturated rings. The van der Waals surface area contributed by atoms with Crippen molar-refractivity contribution in [1.82, 2.24) is 9.97 Å². The van der Waals surface area contributed by atoms with Gasteiger partial charge in [0.15, 0.2) is 5.70 Å². The zero-order valence-corrected chi connectivity index (χ0v) is 15.7. The van der Waals surface area contributed by atoms with Crippen LogP contribution in [0, 0.1) is 0 Å². The van der Waals surface area contributed by atoms with Crippen molar-refractivity contribution in [3.63, 3.8) is 0 Å². The van der Waals surface area contributed by atoms with Crippen LogP contribution in [0.25, 0.3) is 11.0 Å². The number of azo groups is 1. The smallest absolute Gasteiger partial charge is 0.323 e. The van der Waals surface area contributed by atoms with E-state index in [4.69, 9.17) is 16.3 Å². The topological polar surface area (TPSA) is 132 Å². The first kappa shape index (κ1) is 19.2. The second-order valence-electron chi connectivity index (χ2n) is 5.74. The largest absolute Gasteiger partial charge is 0.510 e. The molecule has 0 atom stereocenters. The van der Waals surface area contributed by atoms with Crippen LogP contribution in [0.4, 0.5) is 11.4 Å². The van der Waals surface area contributed by atoms with E-state index in [2.05, 4.69) is 25.5 Å². The minimum atomic E-state index is -0.679. The molecule has 1 aromatic heterocycles. The number of H-pyrrole nitrogens is 2. The van der Waals surface area contributed by atoms with Crippen LogP contribution in [0.15, 0.2) is 62.9 Å². The van der Waals surface area contributed by atoms with Crippen molar-refractivity contribution >= 4 is 39.9 Å². The van der Waals surface area contributed by atoms with Crippen LogP contribution < -0.4 is 15.7 Å². The Hall–Kier alpha value is -3.59. The van der Waals surface area contributed by atoms with Gasteiger partial charge in [-0.2, -0.15) is 0 Å². The number of allylic oxidation sites excluding steroid dienone is 1. The number of nitrogens with one attached hydrogen (secondary N) is 3. The minimum absolute atomic E-state index is 0.287. The summed E-state index contributed by atoms with van der Waals surface area (Å²) in [4.78, 5) is 29.0. The highest BCUT2D eigenvalue weighted by molar-refractivity contribution is 6.30. The van der Waals surface area contributed by atoms with E-state index in [1.165, 1.54) is 20.1 Å². The molecule has 0 spiro atoms. The molecule has 0 saturated carbocycles. The molecule has 1 heterocycles. The number of aliphatic hydroxyl groups excluding tert-OH is 1. The van der Waals surface area contributed by atoms with Gasteiger partial charge < -0.3 is 25.1 Å². The number of amides is 1. The Bertz CT molecular complexity index is 1160. The van der Waals surface area contributed by atoms with Crippen LogP contribution in [-0.4, -0.2) is 28.1 Å². The van der Waals surface area contributed by atoms with Crippen molar-refractivity contribution in [2.45, 2.75) is 6.92 Å². The first-order chi connectivity index (χ1) is 13.4. The third-order valence-corrected chi connectivity index (χ3v) is 3.97. The number of fused-ring (bicyclic) bond motifs is 1. The number of aromatic nitrogens is 2. The van der Waals surface area contributed by atoms with Crippen LogP contribution in [0.5, 0.6) is 5.75 Å². The second-order valence-corrected chi connectivity index (χ2v) is 6.18. The predicted molar refractivity (Wildman–Crippen MR) is 105 cm³/mol. The van der Waals surface area contributed by atoms with Crippen molar-refractivity contribution in [1.29, 1.82) is 0 Å². The molecule has 28 heavy (non-hydrogen) atoms. The van der Waals surface area contributed by atoms with Gasteiger partial charge in [-0.1, -0.05) is 11.6 Å². The number of carbonyl (C=O) groups excluding carboxylic acids is 1. The van der Waals surface area contributed by atoms with Gasteiger partial charge in [0.05, 0.1) is 18.1 Å². The Morgan fingerprint density at radius 2 is 1.93 bits per heavy atom. The van der Waals surface area contributed by atoms with Crippen molar-refractivity contribution in [2.75, 3.05) is 12.4 Å². The summed E-state index contributed by atoms with van der Waals surface area (Å²) in [5, 5.41) is 20.7. The van der Waals surface area contributed by atoms with E-state index in [1.807, 2.05) is 0 Å². The molecule has 10 heteroatoms. The van der Waals surface area contributed by atoms with Gasteiger partial charge in [-0.05, 0) is 43.3 Å². The lowest BCUT2D eigenvalue weighted by molar-refractivity contribution is -0.113. The van der Waals surface area contributed by atoms with Gasteiger partial charge >= 0.3 is 5.69 Å². The van der Waals surface area contributed by atoms with E-state index in [0.29, 0.717) is 33.2 Å². The van der Waals surface area contributed by atoms with Crippen molar-refractivity contribution < 1.29 is 14.6 Å². The predicted octanol–water partition coefficient (Wildman–Crippen LogP) is 4.03. The summed E-state index contributed by atoms with van der Waals surface area (Å²) >= 11 is 5.95. The number of rotatable bonds is 5. The summed E-state index contributed by atoms with van der Waals surface area (Å²) < 4.78 is 5.17. The highest BCUT2D eigenvalue weighted by atomic mass is 35.5. The first-order valence-corrected chi connectivity index (χ1v) is 8.43. The molecular weight excluding hydrogens is 386 g/mol. The first-order valence-electron chi connectivity index (χ1n) is 8.06. The highest BCUT2D eigenvalue weighted by Gasteiger charge is 2.14. The molecule has 0 bridgehead atoms. The number of anilines is 1. The zero-order valence-electron chi connectivity index (χ0n) is 14.9. The Kier molecular flexibility index (Phi) is 5.46. The standard InChI is InChI=1S/C18H16ClN5O4/c1-9(25)16(24-23-14-7-10(19)3-6-15(14)28-2)17(26)20-11-4-5-12-13(8-11)22-18(27)21-12/h3-8,25H,1-2H3,(H,20,26)(H2,21,22,27)/b16-9+,24-23?. The van der Waals surface area contributed by atoms with Crippen molar-refractivity contribution in [3.8, 4) is 5.75 Å². The molecule has 4 N–H and O–H groups in total. The third kappa shape index (κ3) is 4.21. The molecule has 2 aromatic carbocycles. The molecule has 9 nitrogen and oxygen atoms in total. The molecule has 0 aliphatic heterocycles. The average molecular weight is 402 g/mol. The van der Waals surface area contributed by atoms with Gasteiger partial charge in [-0.25, -0.2) is 4.79 Å². The zero-order chi connectivity index (χ0) is 20.3. The summed E-state index contributed by atoms with van der Waals surface area (Å²) in [5.74, 6) is -0.592. The molecule has 0 aliphatic carbocycles. The summed E-state index contributed by atoms with van der Waals surface area (Å²) in [6.45, 7) is 1.32. The fourth-order valence-corrected chi connectivity index (χ4v) is 2.59. The number of imidazole rings is 1.